The summed E-state index contributed by atoms with van der Waals surface area (Å²) >= 11 is 0. The largest absolute Gasteiger partial charge is 0.465 e. The maximum atomic E-state index is 12.4. The van der Waals surface area contributed by atoms with Gasteiger partial charge in [-0.25, -0.2) is 14.6 Å². The summed E-state index contributed by atoms with van der Waals surface area (Å²) in [5, 5.41) is 5.48. The van der Waals surface area contributed by atoms with Gasteiger partial charge in [-0.3, -0.25) is 0 Å². The van der Waals surface area contributed by atoms with Gasteiger partial charge in [-0.1, -0.05) is 13.0 Å². The third-order valence-electron chi connectivity index (χ3n) is 5.22. The number of rotatable bonds is 6. The number of morpholine rings is 1. The number of aromatic nitrogens is 3. The molecule has 176 valence electrons. The first-order valence-corrected chi connectivity index (χ1v) is 11.0. The first kappa shape index (κ1) is 23.1. The van der Waals surface area contributed by atoms with E-state index in [4.69, 9.17) is 9.47 Å². The first-order chi connectivity index (χ1) is 16.6. The van der Waals surface area contributed by atoms with Gasteiger partial charge >= 0.3 is 12.0 Å². The lowest BCUT2D eigenvalue weighted by atomic mass is 10.2. The van der Waals surface area contributed by atoms with Gasteiger partial charge in [0, 0.05) is 36.4 Å². The Balaban J connectivity index is 1.45. The average molecular weight is 463 g/mol. The summed E-state index contributed by atoms with van der Waals surface area (Å²) in [6.45, 7) is 4.80. The van der Waals surface area contributed by atoms with Crippen molar-refractivity contribution in [3.63, 3.8) is 0 Å². The molecule has 1 fully saturated rings. The molecule has 0 saturated carbocycles. The van der Waals surface area contributed by atoms with Crippen molar-refractivity contribution in [1.82, 2.24) is 15.0 Å². The molecule has 0 atom stereocenters. The van der Waals surface area contributed by atoms with Gasteiger partial charge in [-0.2, -0.15) is 9.97 Å². The molecule has 0 radical (unpaired) electrons. The van der Waals surface area contributed by atoms with E-state index in [9.17, 15) is 9.59 Å². The van der Waals surface area contributed by atoms with E-state index in [0.29, 0.717) is 48.3 Å². The van der Waals surface area contributed by atoms with Crippen molar-refractivity contribution < 1.29 is 19.1 Å². The van der Waals surface area contributed by atoms with Crippen molar-refractivity contribution in [1.29, 1.82) is 0 Å². The fourth-order valence-electron chi connectivity index (χ4n) is 3.44. The Bertz CT molecular complexity index is 1160. The van der Waals surface area contributed by atoms with Crippen LogP contribution in [-0.2, 0) is 15.9 Å². The summed E-state index contributed by atoms with van der Waals surface area (Å²) in [5.74, 6) is 1.49. The zero-order valence-corrected chi connectivity index (χ0v) is 19.1. The van der Waals surface area contributed by atoms with E-state index in [2.05, 4.69) is 30.5 Å². The maximum Gasteiger partial charge on any atom is 0.337 e. The van der Waals surface area contributed by atoms with E-state index in [1.807, 2.05) is 19.1 Å². The smallest absolute Gasteiger partial charge is 0.337 e. The zero-order valence-electron chi connectivity index (χ0n) is 19.1. The van der Waals surface area contributed by atoms with Crippen molar-refractivity contribution in [2.24, 2.45) is 0 Å². The van der Waals surface area contributed by atoms with Gasteiger partial charge in [0.15, 0.2) is 5.82 Å². The van der Waals surface area contributed by atoms with Crippen LogP contribution in [0.4, 0.5) is 22.1 Å². The molecular weight excluding hydrogens is 436 g/mol. The SMILES string of the molecule is CCc1nc(-c2ccc(NC(=O)Nc3cccc(C(=O)OC)c3)cc2)nc(N2CCOCC2)n1. The van der Waals surface area contributed by atoms with Gasteiger partial charge in [0.25, 0.3) is 0 Å². The molecule has 0 spiro atoms. The molecule has 34 heavy (non-hydrogen) atoms. The fourth-order valence-corrected chi connectivity index (χ4v) is 3.44. The fraction of sp³-hybridized carbons (Fsp3) is 0.292. The summed E-state index contributed by atoms with van der Waals surface area (Å²) in [6, 6.07) is 13.4. The molecule has 1 aromatic heterocycles. The molecule has 2 amide bonds. The van der Waals surface area contributed by atoms with Gasteiger partial charge < -0.3 is 25.0 Å². The highest BCUT2D eigenvalue weighted by Gasteiger charge is 2.17. The Morgan fingerprint density at radius 3 is 2.44 bits per heavy atom. The molecule has 1 saturated heterocycles. The van der Waals surface area contributed by atoms with Crippen LogP contribution in [-0.4, -0.2) is 60.4 Å². The maximum absolute atomic E-state index is 12.4. The molecule has 10 nitrogen and oxygen atoms in total. The van der Waals surface area contributed by atoms with Crippen molar-refractivity contribution in [3.8, 4) is 11.4 Å². The highest BCUT2D eigenvalue weighted by molar-refractivity contribution is 6.00. The Morgan fingerprint density at radius 2 is 1.74 bits per heavy atom. The molecule has 1 aliphatic rings. The number of ether oxygens (including phenoxy) is 2. The number of nitrogens with zero attached hydrogens (tertiary/aromatic N) is 4. The summed E-state index contributed by atoms with van der Waals surface area (Å²) < 4.78 is 10.1. The van der Waals surface area contributed by atoms with Crippen LogP contribution in [0.3, 0.4) is 0 Å². The van der Waals surface area contributed by atoms with Crippen LogP contribution in [0, 0.1) is 0 Å². The minimum atomic E-state index is -0.471. The minimum Gasteiger partial charge on any atom is -0.465 e. The second-order valence-electron chi connectivity index (χ2n) is 7.56. The van der Waals surface area contributed by atoms with Crippen molar-refractivity contribution in [3.05, 3.63) is 59.9 Å². The predicted molar refractivity (Wildman–Crippen MR) is 128 cm³/mol. The number of aryl methyl sites for hydroxylation is 1. The number of carbonyl (C=O) groups is 2. The van der Waals surface area contributed by atoms with Crippen LogP contribution in [0.25, 0.3) is 11.4 Å². The highest BCUT2D eigenvalue weighted by Crippen LogP contribution is 2.21. The monoisotopic (exact) mass is 462 g/mol. The molecule has 2 heterocycles. The third kappa shape index (κ3) is 5.65. The van der Waals surface area contributed by atoms with Crippen LogP contribution < -0.4 is 15.5 Å². The number of urea groups is 1. The van der Waals surface area contributed by atoms with Crippen LogP contribution in [0.15, 0.2) is 48.5 Å². The standard InChI is InChI=1S/C24H26N6O4/c1-3-20-27-21(29-23(28-20)30-11-13-34-14-12-30)16-7-9-18(10-8-16)25-24(32)26-19-6-4-5-17(15-19)22(31)33-2/h4-10,15H,3,11-14H2,1-2H3,(H2,25,26,32). The van der Waals surface area contributed by atoms with Gasteiger partial charge in [-0.15, -0.1) is 0 Å². The van der Waals surface area contributed by atoms with Crippen molar-refractivity contribution in [2.45, 2.75) is 13.3 Å². The molecular formula is C24H26N6O4. The number of esters is 1. The molecule has 10 heteroatoms. The highest BCUT2D eigenvalue weighted by atomic mass is 16.5. The zero-order chi connectivity index (χ0) is 23.9. The second-order valence-corrected chi connectivity index (χ2v) is 7.56. The summed E-state index contributed by atoms with van der Waals surface area (Å²) in [5.41, 5.74) is 2.25. The third-order valence-corrected chi connectivity index (χ3v) is 5.22. The molecule has 4 rings (SSSR count). The number of nitrogens with one attached hydrogen (secondary N) is 2. The topological polar surface area (TPSA) is 119 Å². The molecule has 1 aliphatic heterocycles. The minimum absolute atomic E-state index is 0.352. The van der Waals surface area contributed by atoms with E-state index in [0.717, 1.165) is 24.5 Å². The Morgan fingerprint density at radius 1 is 1.00 bits per heavy atom. The van der Waals surface area contributed by atoms with Crippen LogP contribution >= 0.6 is 0 Å². The van der Waals surface area contributed by atoms with Crippen molar-refractivity contribution >= 4 is 29.3 Å². The number of carbonyl (C=O) groups excluding carboxylic acids is 2. The molecule has 0 bridgehead atoms. The summed E-state index contributed by atoms with van der Waals surface area (Å²) in [4.78, 5) is 40.0. The van der Waals surface area contributed by atoms with Gasteiger partial charge in [0.1, 0.15) is 5.82 Å². The molecule has 2 N–H and O–H groups in total. The molecule has 2 aromatic carbocycles. The lowest BCUT2D eigenvalue weighted by Crippen LogP contribution is -2.37. The van der Waals surface area contributed by atoms with Crippen LogP contribution in [0.2, 0.25) is 0 Å². The Kier molecular flexibility index (Phi) is 7.28. The summed E-state index contributed by atoms with van der Waals surface area (Å²) in [7, 11) is 1.31. The molecule has 3 aromatic rings. The lowest BCUT2D eigenvalue weighted by Gasteiger charge is -2.27. The number of benzene rings is 2. The average Bonchev–Trinajstić information content (AvgIpc) is 2.89. The van der Waals surface area contributed by atoms with Crippen LogP contribution in [0.1, 0.15) is 23.1 Å². The van der Waals surface area contributed by atoms with E-state index in [1.165, 1.54) is 7.11 Å². The van der Waals surface area contributed by atoms with Crippen molar-refractivity contribution in [2.75, 3.05) is 48.9 Å². The number of anilines is 3. The van der Waals surface area contributed by atoms with E-state index in [-0.39, 0.29) is 0 Å². The van der Waals surface area contributed by atoms with E-state index < -0.39 is 12.0 Å². The molecule has 0 unspecified atom stereocenters. The first-order valence-electron chi connectivity index (χ1n) is 11.0. The van der Waals surface area contributed by atoms with Gasteiger partial charge in [0.2, 0.25) is 5.95 Å². The lowest BCUT2D eigenvalue weighted by molar-refractivity contribution is 0.0600. The number of amides is 2. The van der Waals surface area contributed by atoms with E-state index >= 15 is 0 Å². The van der Waals surface area contributed by atoms with Gasteiger partial charge in [0.05, 0.1) is 25.9 Å². The predicted octanol–water partition coefficient (Wildman–Crippen LogP) is 3.37. The molecule has 0 aliphatic carbocycles. The van der Waals surface area contributed by atoms with E-state index in [1.54, 1.807) is 36.4 Å². The Labute approximate surface area is 197 Å². The Hall–Kier alpha value is -4.05. The number of hydrogen-bond donors (Lipinski definition) is 2. The summed E-state index contributed by atoms with van der Waals surface area (Å²) in [6.07, 6.45) is 0.698. The van der Waals surface area contributed by atoms with Crippen LogP contribution in [0.5, 0.6) is 0 Å². The normalized spacial score (nSPS) is 13.3. The second kappa shape index (κ2) is 10.7. The number of methoxy groups -OCH3 is 1. The number of hydrogen-bond acceptors (Lipinski definition) is 8. The quantitative estimate of drug-likeness (QED) is 0.535. The van der Waals surface area contributed by atoms with Gasteiger partial charge in [-0.05, 0) is 42.5 Å².